The number of para-hydroxylation sites is 1. The summed E-state index contributed by atoms with van der Waals surface area (Å²) in [6.07, 6.45) is 1.64. The molecule has 6 nitrogen and oxygen atoms in total. The Morgan fingerprint density at radius 3 is 2.62 bits per heavy atom. The second-order valence-electron chi connectivity index (χ2n) is 7.25. The van der Waals surface area contributed by atoms with E-state index in [-0.39, 0.29) is 30.2 Å². The first-order chi connectivity index (χ1) is 16.4. The van der Waals surface area contributed by atoms with E-state index in [1.54, 1.807) is 54.6 Å². The molecule has 1 fully saturated rings. The number of ether oxygens (including phenoxy) is 1. The van der Waals surface area contributed by atoms with Gasteiger partial charge in [0.25, 0.3) is 17.1 Å². The molecule has 34 heavy (non-hydrogen) atoms. The normalized spacial score (nSPS) is 14.5. The molecule has 9 heteroatoms. The minimum atomic E-state index is -0.355. The SMILES string of the molecule is O=C(COc1cccc(/C=C2\SC(=O)N(Cc3ccccc3Br)C2=O)c1)Nc1ccccc1Cl. The number of halogens is 2. The molecular weight excluding hydrogens is 540 g/mol. The summed E-state index contributed by atoms with van der Waals surface area (Å²) in [5, 5.41) is 2.80. The molecular formula is C25H18BrClN2O4S. The number of carbonyl (C=O) groups excluding carboxylic acids is 3. The van der Waals surface area contributed by atoms with E-state index in [2.05, 4.69) is 21.2 Å². The number of rotatable bonds is 7. The molecule has 3 aromatic rings. The van der Waals surface area contributed by atoms with Gasteiger partial charge in [-0.05, 0) is 59.3 Å². The highest BCUT2D eigenvalue weighted by Crippen LogP contribution is 2.34. The maximum atomic E-state index is 12.8. The van der Waals surface area contributed by atoms with E-state index in [0.29, 0.717) is 26.9 Å². The zero-order valence-corrected chi connectivity index (χ0v) is 20.8. The van der Waals surface area contributed by atoms with Crippen molar-refractivity contribution in [3.63, 3.8) is 0 Å². The topological polar surface area (TPSA) is 75.7 Å². The summed E-state index contributed by atoms with van der Waals surface area (Å²) < 4.78 is 6.42. The standard InChI is InChI=1S/C25H18BrClN2O4S/c26-19-9-2-1-7-17(19)14-29-24(31)22(34-25(29)32)13-16-6-5-8-18(12-16)33-15-23(30)28-21-11-4-3-10-20(21)27/h1-13H,14-15H2,(H,28,30)/b22-13-. The minimum absolute atomic E-state index is 0.188. The molecule has 1 aliphatic heterocycles. The van der Waals surface area contributed by atoms with E-state index in [0.717, 1.165) is 21.8 Å². The van der Waals surface area contributed by atoms with E-state index in [9.17, 15) is 14.4 Å². The Balaban J connectivity index is 1.40. The molecule has 0 unspecified atom stereocenters. The number of thioether (sulfide) groups is 1. The van der Waals surface area contributed by atoms with Crippen LogP contribution in [0.25, 0.3) is 6.08 Å². The lowest BCUT2D eigenvalue weighted by Crippen LogP contribution is -2.27. The Morgan fingerprint density at radius 2 is 1.82 bits per heavy atom. The number of amides is 3. The van der Waals surface area contributed by atoms with Gasteiger partial charge in [0.15, 0.2) is 6.61 Å². The van der Waals surface area contributed by atoms with Crippen LogP contribution in [-0.4, -0.2) is 28.6 Å². The molecule has 1 N–H and O–H groups in total. The molecule has 1 aliphatic rings. The highest BCUT2D eigenvalue weighted by molar-refractivity contribution is 9.10. The van der Waals surface area contributed by atoms with E-state index in [1.165, 1.54) is 4.90 Å². The van der Waals surface area contributed by atoms with Crippen molar-refractivity contribution >= 4 is 68.1 Å². The van der Waals surface area contributed by atoms with Crippen molar-refractivity contribution in [1.82, 2.24) is 4.90 Å². The molecule has 0 aromatic heterocycles. The second-order valence-corrected chi connectivity index (χ2v) is 9.50. The molecule has 1 heterocycles. The minimum Gasteiger partial charge on any atom is -0.484 e. The molecule has 1 saturated heterocycles. The molecule has 0 saturated carbocycles. The van der Waals surface area contributed by atoms with Gasteiger partial charge in [0.1, 0.15) is 5.75 Å². The van der Waals surface area contributed by atoms with Crippen LogP contribution < -0.4 is 10.1 Å². The maximum absolute atomic E-state index is 12.8. The summed E-state index contributed by atoms with van der Waals surface area (Å²) in [6, 6.07) is 21.3. The van der Waals surface area contributed by atoms with E-state index in [1.807, 2.05) is 24.3 Å². The summed E-state index contributed by atoms with van der Waals surface area (Å²) in [4.78, 5) is 39.0. The number of anilines is 1. The molecule has 0 bridgehead atoms. The average Bonchev–Trinajstić information content (AvgIpc) is 3.08. The van der Waals surface area contributed by atoms with Crippen LogP contribution in [0.5, 0.6) is 5.75 Å². The molecule has 0 radical (unpaired) electrons. The Bertz CT molecular complexity index is 1300. The fourth-order valence-electron chi connectivity index (χ4n) is 3.18. The molecule has 172 valence electrons. The molecule has 3 amide bonds. The Hall–Kier alpha value is -3.07. The zero-order valence-electron chi connectivity index (χ0n) is 17.7. The number of hydrogen-bond donors (Lipinski definition) is 1. The quantitative estimate of drug-likeness (QED) is 0.342. The third-order valence-corrected chi connectivity index (χ3v) is 6.84. The van der Waals surface area contributed by atoms with Gasteiger partial charge in [-0.25, -0.2) is 0 Å². The Labute approximate surface area is 214 Å². The van der Waals surface area contributed by atoms with Crippen LogP contribution in [0.2, 0.25) is 5.02 Å². The molecule has 0 aliphatic carbocycles. The summed E-state index contributed by atoms with van der Waals surface area (Å²) in [7, 11) is 0. The number of nitrogens with one attached hydrogen (secondary N) is 1. The zero-order chi connectivity index (χ0) is 24.1. The Morgan fingerprint density at radius 1 is 1.06 bits per heavy atom. The lowest BCUT2D eigenvalue weighted by Gasteiger charge is -2.13. The summed E-state index contributed by atoms with van der Waals surface area (Å²) in [6.45, 7) is -0.0235. The van der Waals surface area contributed by atoms with Crippen molar-refractivity contribution < 1.29 is 19.1 Å². The van der Waals surface area contributed by atoms with Gasteiger partial charge < -0.3 is 10.1 Å². The van der Waals surface area contributed by atoms with E-state index < -0.39 is 0 Å². The smallest absolute Gasteiger partial charge is 0.293 e. The predicted molar refractivity (Wildman–Crippen MR) is 138 cm³/mol. The summed E-state index contributed by atoms with van der Waals surface area (Å²) in [5.74, 6) is -0.251. The van der Waals surface area contributed by atoms with Gasteiger partial charge in [-0.3, -0.25) is 19.3 Å². The van der Waals surface area contributed by atoms with Crippen molar-refractivity contribution in [2.45, 2.75) is 6.54 Å². The molecule has 0 atom stereocenters. The first-order valence-corrected chi connectivity index (χ1v) is 12.2. The number of carbonyl (C=O) groups is 3. The third kappa shape index (κ3) is 5.88. The second kappa shape index (κ2) is 10.9. The van der Waals surface area contributed by atoms with Gasteiger partial charge in [0.2, 0.25) is 0 Å². The fourth-order valence-corrected chi connectivity index (χ4v) is 4.61. The molecule has 4 rings (SSSR count). The van der Waals surface area contributed by atoms with Gasteiger partial charge in [0.05, 0.1) is 22.2 Å². The van der Waals surface area contributed by atoms with E-state index in [4.69, 9.17) is 16.3 Å². The van der Waals surface area contributed by atoms with Gasteiger partial charge in [-0.2, -0.15) is 0 Å². The lowest BCUT2D eigenvalue weighted by molar-refractivity contribution is -0.123. The van der Waals surface area contributed by atoms with Gasteiger partial charge in [-0.15, -0.1) is 0 Å². The van der Waals surface area contributed by atoms with Crippen LogP contribution in [0, 0.1) is 0 Å². The number of nitrogens with zero attached hydrogens (tertiary/aromatic N) is 1. The van der Waals surface area contributed by atoms with Crippen molar-refractivity contribution in [1.29, 1.82) is 0 Å². The van der Waals surface area contributed by atoms with Crippen LogP contribution in [0.3, 0.4) is 0 Å². The van der Waals surface area contributed by atoms with Crippen LogP contribution in [-0.2, 0) is 16.1 Å². The number of hydrogen-bond acceptors (Lipinski definition) is 5. The number of benzene rings is 3. The van der Waals surface area contributed by atoms with Crippen LogP contribution in [0.1, 0.15) is 11.1 Å². The monoisotopic (exact) mass is 556 g/mol. The van der Waals surface area contributed by atoms with Crippen LogP contribution >= 0.6 is 39.3 Å². The first kappa shape index (κ1) is 24.1. The highest BCUT2D eigenvalue weighted by Gasteiger charge is 2.35. The maximum Gasteiger partial charge on any atom is 0.293 e. The first-order valence-electron chi connectivity index (χ1n) is 10.2. The van der Waals surface area contributed by atoms with Gasteiger partial charge >= 0.3 is 0 Å². The van der Waals surface area contributed by atoms with Gasteiger partial charge in [-0.1, -0.05) is 70.0 Å². The fraction of sp³-hybridized carbons (Fsp3) is 0.0800. The Kier molecular flexibility index (Phi) is 7.72. The lowest BCUT2D eigenvalue weighted by atomic mass is 10.2. The average molecular weight is 558 g/mol. The molecule has 3 aromatic carbocycles. The molecule has 0 spiro atoms. The van der Waals surface area contributed by atoms with Crippen molar-refractivity contribution in [3.8, 4) is 5.75 Å². The van der Waals surface area contributed by atoms with Crippen molar-refractivity contribution in [3.05, 3.63) is 98.3 Å². The summed E-state index contributed by atoms with van der Waals surface area (Å²) >= 11 is 10.4. The van der Waals surface area contributed by atoms with E-state index >= 15 is 0 Å². The predicted octanol–water partition coefficient (Wildman–Crippen LogP) is 6.36. The highest BCUT2D eigenvalue weighted by atomic mass is 79.9. The largest absolute Gasteiger partial charge is 0.484 e. The van der Waals surface area contributed by atoms with Crippen molar-refractivity contribution in [2.75, 3.05) is 11.9 Å². The van der Waals surface area contributed by atoms with Crippen LogP contribution in [0.4, 0.5) is 10.5 Å². The number of imide groups is 1. The van der Waals surface area contributed by atoms with Gasteiger partial charge in [0, 0.05) is 4.47 Å². The third-order valence-electron chi connectivity index (χ3n) is 4.83. The summed E-state index contributed by atoms with van der Waals surface area (Å²) in [5.41, 5.74) is 2.02. The van der Waals surface area contributed by atoms with Crippen LogP contribution in [0.15, 0.2) is 82.2 Å². The van der Waals surface area contributed by atoms with Crippen molar-refractivity contribution in [2.24, 2.45) is 0 Å².